The quantitative estimate of drug-likeness (QED) is 0.737. The summed E-state index contributed by atoms with van der Waals surface area (Å²) in [5.41, 5.74) is 6.24. The second kappa shape index (κ2) is 6.19. The van der Waals surface area contributed by atoms with Gasteiger partial charge in [-0.3, -0.25) is 4.79 Å². The van der Waals surface area contributed by atoms with Crippen molar-refractivity contribution in [3.8, 4) is 0 Å². The number of carbonyl (C=O) groups excluding carboxylic acids is 1. The van der Waals surface area contributed by atoms with E-state index in [0.717, 1.165) is 5.56 Å². The summed E-state index contributed by atoms with van der Waals surface area (Å²) in [7, 11) is 0. The van der Waals surface area contributed by atoms with E-state index < -0.39 is 11.7 Å². The molecule has 0 radical (unpaired) electrons. The van der Waals surface area contributed by atoms with Crippen molar-refractivity contribution in [2.45, 2.75) is 6.92 Å². The molecule has 0 saturated carbocycles. The Kier molecular flexibility index (Phi) is 4.88. The molecule has 0 aliphatic rings. The minimum Gasteiger partial charge on any atom is -0.370 e. The van der Waals surface area contributed by atoms with E-state index in [4.69, 9.17) is 10.5 Å². The van der Waals surface area contributed by atoms with Crippen LogP contribution in [0.3, 0.4) is 0 Å². The van der Waals surface area contributed by atoms with E-state index in [2.05, 4.69) is 5.32 Å². The Hall–Kier alpha value is -1.46. The minimum atomic E-state index is -0.460. The number of rotatable bonds is 5. The minimum absolute atomic E-state index is 0.120. The van der Waals surface area contributed by atoms with Crippen molar-refractivity contribution < 1.29 is 13.9 Å². The smallest absolute Gasteiger partial charge is 0.250 e. The predicted octanol–water partition coefficient (Wildman–Crippen LogP) is 1.05. The maximum absolute atomic E-state index is 13.2. The maximum atomic E-state index is 13.2. The van der Waals surface area contributed by atoms with Crippen molar-refractivity contribution in [2.24, 2.45) is 5.73 Å². The highest BCUT2D eigenvalue weighted by molar-refractivity contribution is 5.91. The van der Waals surface area contributed by atoms with Gasteiger partial charge in [0.05, 0.1) is 12.3 Å². The Bertz CT molecular complexity index is 369. The van der Waals surface area contributed by atoms with Crippen LogP contribution in [0.15, 0.2) is 18.2 Å². The van der Waals surface area contributed by atoms with Crippen LogP contribution in [0.2, 0.25) is 0 Å². The van der Waals surface area contributed by atoms with Crippen molar-refractivity contribution in [3.05, 3.63) is 29.6 Å². The van der Waals surface area contributed by atoms with Gasteiger partial charge in [-0.25, -0.2) is 4.39 Å². The van der Waals surface area contributed by atoms with Gasteiger partial charge in [0.1, 0.15) is 12.4 Å². The highest BCUT2D eigenvalue weighted by Gasteiger charge is 2.06. The van der Waals surface area contributed by atoms with Gasteiger partial charge in [-0.2, -0.15) is 0 Å². The van der Waals surface area contributed by atoms with Crippen LogP contribution in [0, 0.1) is 12.7 Å². The zero-order valence-electron chi connectivity index (χ0n) is 9.13. The van der Waals surface area contributed by atoms with E-state index in [-0.39, 0.29) is 12.3 Å². The molecule has 88 valence electrons. The first kappa shape index (κ1) is 12.6. The van der Waals surface area contributed by atoms with E-state index in [1.807, 2.05) is 6.92 Å². The number of hydrogen-bond donors (Lipinski definition) is 2. The first-order chi connectivity index (χ1) is 7.63. The number of hydrogen-bond acceptors (Lipinski definition) is 3. The molecule has 0 aliphatic heterocycles. The summed E-state index contributed by atoms with van der Waals surface area (Å²) in [6.45, 7) is 2.36. The largest absolute Gasteiger partial charge is 0.370 e. The van der Waals surface area contributed by atoms with Crippen molar-refractivity contribution in [1.29, 1.82) is 0 Å². The molecule has 0 saturated heterocycles. The Balaban J connectivity index is 2.52. The molecule has 1 amide bonds. The van der Waals surface area contributed by atoms with Gasteiger partial charge in [-0.15, -0.1) is 0 Å². The van der Waals surface area contributed by atoms with Gasteiger partial charge >= 0.3 is 0 Å². The SMILES string of the molecule is Cc1ccc(F)c(NC(=O)COCCN)c1. The second-order valence-electron chi connectivity index (χ2n) is 3.37. The monoisotopic (exact) mass is 226 g/mol. The normalized spacial score (nSPS) is 10.2. The average Bonchev–Trinajstić information content (AvgIpc) is 2.24. The van der Waals surface area contributed by atoms with Crippen molar-refractivity contribution in [1.82, 2.24) is 0 Å². The second-order valence-corrected chi connectivity index (χ2v) is 3.37. The van der Waals surface area contributed by atoms with Gasteiger partial charge in [0.15, 0.2) is 0 Å². The van der Waals surface area contributed by atoms with Gasteiger partial charge in [0.25, 0.3) is 0 Å². The molecule has 0 aromatic heterocycles. The number of ether oxygens (including phenoxy) is 1. The number of carbonyl (C=O) groups is 1. The van der Waals surface area contributed by atoms with Crippen molar-refractivity contribution in [3.63, 3.8) is 0 Å². The van der Waals surface area contributed by atoms with Gasteiger partial charge in [-0.1, -0.05) is 6.07 Å². The number of nitrogens with two attached hydrogens (primary N) is 1. The molecule has 1 aromatic rings. The topological polar surface area (TPSA) is 64.3 Å². The number of aryl methyl sites for hydroxylation is 1. The first-order valence-electron chi connectivity index (χ1n) is 4.97. The summed E-state index contributed by atoms with van der Waals surface area (Å²) < 4.78 is 18.2. The summed E-state index contributed by atoms with van der Waals surface area (Å²) in [4.78, 5) is 11.3. The molecule has 0 atom stereocenters. The number of amides is 1. The third-order valence-corrected chi connectivity index (χ3v) is 1.89. The lowest BCUT2D eigenvalue weighted by Crippen LogP contribution is -2.21. The maximum Gasteiger partial charge on any atom is 0.250 e. The summed E-state index contributed by atoms with van der Waals surface area (Å²) in [5, 5.41) is 2.43. The van der Waals surface area contributed by atoms with Gasteiger partial charge < -0.3 is 15.8 Å². The van der Waals surface area contributed by atoms with Crippen LogP contribution in [-0.2, 0) is 9.53 Å². The fourth-order valence-electron chi connectivity index (χ4n) is 1.17. The Morgan fingerprint density at radius 1 is 1.56 bits per heavy atom. The van der Waals surface area contributed by atoms with E-state index in [0.29, 0.717) is 13.2 Å². The fourth-order valence-corrected chi connectivity index (χ4v) is 1.17. The van der Waals surface area contributed by atoms with Gasteiger partial charge in [-0.05, 0) is 24.6 Å². The van der Waals surface area contributed by atoms with E-state index in [9.17, 15) is 9.18 Å². The Morgan fingerprint density at radius 3 is 3.00 bits per heavy atom. The Labute approximate surface area is 93.6 Å². The third-order valence-electron chi connectivity index (χ3n) is 1.89. The molecule has 0 heterocycles. The molecule has 1 aromatic carbocycles. The lowest BCUT2D eigenvalue weighted by atomic mass is 10.2. The van der Waals surface area contributed by atoms with Crippen LogP contribution in [0.4, 0.5) is 10.1 Å². The average molecular weight is 226 g/mol. The lowest BCUT2D eigenvalue weighted by Gasteiger charge is -2.07. The fraction of sp³-hybridized carbons (Fsp3) is 0.364. The van der Waals surface area contributed by atoms with Crippen LogP contribution in [0.5, 0.6) is 0 Å². The zero-order valence-corrected chi connectivity index (χ0v) is 9.13. The summed E-state index contributed by atoms with van der Waals surface area (Å²) in [6.07, 6.45) is 0. The van der Waals surface area contributed by atoms with Gasteiger partial charge in [0, 0.05) is 6.54 Å². The molecule has 3 N–H and O–H groups in total. The van der Waals surface area contributed by atoms with Crippen LogP contribution < -0.4 is 11.1 Å². The summed E-state index contributed by atoms with van der Waals surface area (Å²) in [6, 6.07) is 4.51. The number of halogens is 1. The summed E-state index contributed by atoms with van der Waals surface area (Å²) in [5.74, 6) is -0.851. The zero-order chi connectivity index (χ0) is 12.0. The molecule has 0 bridgehead atoms. The van der Waals surface area contributed by atoms with E-state index in [1.165, 1.54) is 6.07 Å². The Morgan fingerprint density at radius 2 is 2.31 bits per heavy atom. The lowest BCUT2D eigenvalue weighted by molar-refractivity contribution is -0.120. The standard InChI is InChI=1S/C11H15FN2O2/c1-8-2-3-9(12)10(6-8)14-11(15)7-16-5-4-13/h2-3,6H,4-5,7,13H2,1H3,(H,14,15). The molecular formula is C11H15FN2O2. The predicted molar refractivity (Wildman–Crippen MR) is 59.6 cm³/mol. The van der Waals surface area contributed by atoms with E-state index >= 15 is 0 Å². The highest BCUT2D eigenvalue weighted by Crippen LogP contribution is 2.15. The van der Waals surface area contributed by atoms with Gasteiger partial charge in [0.2, 0.25) is 5.91 Å². The van der Waals surface area contributed by atoms with E-state index in [1.54, 1.807) is 12.1 Å². The van der Waals surface area contributed by atoms with Crippen LogP contribution in [0.25, 0.3) is 0 Å². The molecule has 4 nitrogen and oxygen atoms in total. The van der Waals surface area contributed by atoms with Crippen molar-refractivity contribution >= 4 is 11.6 Å². The molecular weight excluding hydrogens is 211 g/mol. The highest BCUT2D eigenvalue weighted by atomic mass is 19.1. The van der Waals surface area contributed by atoms with Crippen LogP contribution >= 0.6 is 0 Å². The van der Waals surface area contributed by atoms with Crippen molar-refractivity contribution in [2.75, 3.05) is 25.1 Å². The molecule has 0 unspecified atom stereocenters. The molecule has 5 heteroatoms. The molecule has 0 fully saturated rings. The molecule has 1 rings (SSSR count). The number of nitrogens with one attached hydrogen (secondary N) is 1. The summed E-state index contributed by atoms with van der Waals surface area (Å²) >= 11 is 0. The molecule has 0 aliphatic carbocycles. The molecule has 0 spiro atoms. The third kappa shape index (κ3) is 3.96. The number of anilines is 1. The first-order valence-corrected chi connectivity index (χ1v) is 4.97. The molecule has 16 heavy (non-hydrogen) atoms. The van der Waals surface area contributed by atoms with Crippen LogP contribution in [0.1, 0.15) is 5.56 Å². The number of benzene rings is 1. The van der Waals surface area contributed by atoms with Crippen LogP contribution in [-0.4, -0.2) is 25.7 Å².